The lowest BCUT2D eigenvalue weighted by Gasteiger charge is -2.23. The summed E-state index contributed by atoms with van der Waals surface area (Å²) in [7, 11) is 0. The number of ether oxygens (including phenoxy) is 1. The first kappa shape index (κ1) is 21.8. The summed E-state index contributed by atoms with van der Waals surface area (Å²) in [5.74, 6) is 0.498. The number of hydrogen-bond donors (Lipinski definition) is 1. The number of carbonyl (C=O) groups excluding carboxylic acids is 1. The summed E-state index contributed by atoms with van der Waals surface area (Å²) in [5, 5.41) is 3.45. The van der Waals surface area contributed by atoms with Crippen molar-refractivity contribution in [2.24, 2.45) is 0 Å². The van der Waals surface area contributed by atoms with Gasteiger partial charge in [0.15, 0.2) is 11.7 Å². The van der Waals surface area contributed by atoms with Gasteiger partial charge in [-0.2, -0.15) is 0 Å². The molecule has 1 amide bonds. The second-order valence-corrected chi connectivity index (χ2v) is 11.1. The second-order valence-electron chi connectivity index (χ2n) is 9.18. The Morgan fingerprint density at radius 2 is 1.79 bits per heavy atom. The molecule has 0 aliphatic carbocycles. The largest absolute Gasteiger partial charge is 0.483 e. The molecule has 0 fully saturated rings. The van der Waals surface area contributed by atoms with Crippen LogP contribution in [0.2, 0.25) is 0 Å². The van der Waals surface area contributed by atoms with Crippen LogP contribution in [0.15, 0.2) is 40.9 Å². The Hall–Kier alpha value is -1.92. The van der Waals surface area contributed by atoms with Gasteiger partial charge in [-0.15, -0.1) is 0 Å². The first-order chi connectivity index (χ1) is 13.4. The number of amides is 1. The number of fused-ring (bicyclic) bond motifs is 1. The Balaban J connectivity index is 1.70. The van der Waals surface area contributed by atoms with Crippen molar-refractivity contribution in [1.29, 1.82) is 0 Å². The van der Waals surface area contributed by atoms with E-state index in [0.29, 0.717) is 5.13 Å². The predicted molar refractivity (Wildman–Crippen MR) is 125 cm³/mol. The van der Waals surface area contributed by atoms with E-state index >= 15 is 0 Å². The van der Waals surface area contributed by atoms with Gasteiger partial charge in [-0.3, -0.25) is 10.1 Å². The SMILES string of the molecule is CC(C)(C)c1ccc2nc(NC(=O)COc3ccc(Br)cc3C(C)(C)C)sc2c1. The lowest BCUT2D eigenvalue weighted by Crippen LogP contribution is -2.21. The number of rotatable bonds is 4. The molecule has 1 heterocycles. The number of nitrogens with zero attached hydrogens (tertiary/aromatic N) is 1. The molecule has 0 aliphatic heterocycles. The summed E-state index contributed by atoms with van der Waals surface area (Å²) in [4.78, 5) is 17.0. The summed E-state index contributed by atoms with van der Waals surface area (Å²) in [5.41, 5.74) is 3.18. The Kier molecular flexibility index (Phi) is 6.06. The van der Waals surface area contributed by atoms with Crippen molar-refractivity contribution in [3.8, 4) is 5.75 Å². The van der Waals surface area contributed by atoms with Crippen LogP contribution < -0.4 is 10.1 Å². The van der Waals surface area contributed by atoms with Crippen LogP contribution >= 0.6 is 27.3 Å². The first-order valence-corrected chi connectivity index (χ1v) is 11.2. The normalized spacial score (nSPS) is 12.2. The zero-order valence-corrected chi connectivity index (χ0v) is 20.1. The molecule has 2 aromatic carbocycles. The minimum atomic E-state index is -0.220. The molecule has 0 spiro atoms. The molecule has 0 bridgehead atoms. The van der Waals surface area contributed by atoms with Gasteiger partial charge in [0.2, 0.25) is 0 Å². The number of carbonyl (C=O) groups is 1. The summed E-state index contributed by atoms with van der Waals surface area (Å²) < 4.78 is 7.89. The van der Waals surface area contributed by atoms with E-state index in [1.54, 1.807) is 0 Å². The number of thiazole rings is 1. The number of aromatic nitrogens is 1. The average Bonchev–Trinajstić information content (AvgIpc) is 3.00. The molecular weight excluding hydrogens is 448 g/mol. The van der Waals surface area contributed by atoms with E-state index in [9.17, 15) is 4.79 Å². The number of hydrogen-bond acceptors (Lipinski definition) is 4. The fraction of sp³-hybridized carbons (Fsp3) is 0.391. The molecule has 0 saturated carbocycles. The minimum absolute atomic E-state index is 0.0616. The van der Waals surface area contributed by atoms with Gasteiger partial charge in [0.25, 0.3) is 5.91 Å². The van der Waals surface area contributed by atoms with E-state index in [1.807, 2.05) is 24.3 Å². The van der Waals surface area contributed by atoms with Gasteiger partial charge in [-0.05, 0) is 46.7 Å². The number of halogens is 1. The predicted octanol–water partition coefficient (Wildman–Crippen LogP) is 6.67. The molecule has 1 N–H and O–H groups in total. The summed E-state index contributed by atoms with van der Waals surface area (Å²) in [6.45, 7) is 12.8. The quantitative estimate of drug-likeness (QED) is 0.459. The highest BCUT2D eigenvalue weighted by Gasteiger charge is 2.20. The van der Waals surface area contributed by atoms with Crippen LogP contribution in [0, 0.1) is 0 Å². The monoisotopic (exact) mass is 474 g/mol. The Labute approximate surface area is 184 Å². The topological polar surface area (TPSA) is 51.2 Å². The maximum atomic E-state index is 12.4. The Morgan fingerprint density at radius 1 is 1.07 bits per heavy atom. The third-order valence-corrected chi connectivity index (χ3v) is 6.04. The maximum absolute atomic E-state index is 12.4. The van der Waals surface area contributed by atoms with Crippen molar-refractivity contribution in [2.45, 2.75) is 52.4 Å². The molecule has 3 aromatic rings. The molecule has 0 unspecified atom stereocenters. The van der Waals surface area contributed by atoms with Crippen molar-refractivity contribution in [1.82, 2.24) is 4.98 Å². The van der Waals surface area contributed by atoms with Gasteiger partial charge >= 0.3 is 0 Å². The standard InChI is InChI=1S/C23H27BrN2O2S/c1-22(2,3)14-7-9-17-19(11-14)29-21(25-17)26-20(27)13-28-18-10-8-15(24)12-16(18)23(4,5)6/h7-12H,13H2,1-6H3,(H,25,26,27). The van der Waals surface area contributed by atoms with Gasteiger partial charge in [-0.25, -0.2) is 4.98 Å². The lowest BCUT2D eigenvalue weighted by atomic mass is 9.86. The highest BCUT2D eigenvalue weighted by molar-refractivity contribution is 9.10. The summed E-state index contributed by atoms with van der Waals surface area (Å²) in [6, 6.07) is 12.1. The van der Waals surface area contributed by atoms with Gasteiger partial charge in [0, 0.05) is 10.0 Å². The van der Waals surface area contributed by atoms with Gasteiger partial charge in [0.1, 0.15) is 5.75 Å². The second kappa shape index (κ2) is 8.07. The maximum Gasteiger partial charge on any atom is 0.264 e. The smallest absolute Gasteiger partial charge is 0.264 e. The first-order valence-electron chi connectivity index (χ1n) is 9.57. The Morgan fingerprint density at radius 3 is 2.45 bits per heavy atom. The highest BCUT2D eigenvalue weighted by atomic mass is 79.9. The van der Waals surface area contributed by atoms with Gasteiger partial charge in [0.05, 0.1) is 10.2 Å². The number of anilines is 1. The highest BCUT2D eigenvalue weighted by Crippen LogP contribution is 2.34. The number of nitrogens with one attached hydrogen (secondary N) is 1. The molecule has 154 valence electrons. The van der Waals surface area contributed by atoms with E-state index in [1.165, 1.54) is 16.9 Å². The molecular formula is C23H27BrN2O2S. The molecule has 6 heteroatoms. The Bertz CT molecular complexity index is 1050. The van der Waals surface area contributed by atoms with Crippen LogP contribution in [-0.2, 0) is 15.6 Å². The third kappa shape index (κ3) is 5.37. The van der Waals surface area contributed by atoms with Crippen LogP contribution in [0.1, 0.15) is 52.7 Å². The molecule has 4 nitrogen and oxygen atoms in total. The molecule has 0 saturated heterocycles. The van der Waals surface area contributed by atoms with Crippen molar-refractivity contribution in [3.05, 3.63) is 52.0 Å². The van der Waals surface area contributed by atoms with E-state index in [2.05, 4.69) is 79.9 Å². The third-order valence-electron chi connectivity index (χ3n) is 4.61. The molecule has 0 aliphatic rings. The summed E-state index contributed by atoms with van der Waals surface area (Å²) >= 11 is 4.99. The zero-order chi connectivity index (χ0) is 21.4. The zero-order valence-electron chi connectivity index (χ0n) is 17.7. The van der Waals surface area contributed by atoms with Crippen LogP contribution in [0.25, 0.3) is 10.2 Å². The molecule has 0 atom stereocenters. The molecule has 1 aromatic heterocycles. The van der Waals surface area contributed by atoms with Crippen LogP contribution in [0.4, 0.5) is 5.13 Å². The van der Waals surface area contributed by atoms with E-state index in [-0.39, 0.29) is 23.3 Å². The summed E-state index contributed by atoms with van der Waals surface area (Å²) in [6.07, 6.45) is 0. The van der Waals surface area contributed by atoms with E-state index in [4.69, 9.17) is 4.74 Å². The average molecular weight is 475 g/mol. The van der Waals surface area contributed by atoms with E-state index < -0.39 is 0 Å². The van der Waals surface area contributed by atoms with E-state index in [0.717, 1.165) is 26.0 Å². The fourth-order valence-corrected chi connectivity index (χ4v) is 4.24. The molecule has 29 heavy (non-hydrogen) atoms. The van der Waals surface area contributed by atoms with Gasteiger partial charge < -0.3 is 4.74 Å². The molecule has 0 radical (unpaired) electrons. The van der Waals surface area contributed by atoms with Crippen molar-refractivity contribution >= 4 is 48.5 Å². The fourth-order valence-electron chi connectivity index (χ4n) is 2.96. The molecule has 3 rings (SSSR count). The lowest BCUT2D eigenvalue weighted by molar-refractivity contribution is -0.118. The number of benzene rings is 2. The van der Waals surface area contributed by atoms with Crippen molar-refractivity contribution < 1.29 is 9.53 Å². The van der Waals surface area contributed by atoms with Crippen LogP contribution in [-0.4, -0.2) is 17.5 Å². The van der Waals surface area contributed by atoms with Crippen LogP contribution in [0.3, 0.4) is 0 Å². The minimum Gasteiger partial charge on any atom is -0.483 e. The van der Waals surface area contributed by atoms with Crippen molar-refractivity contribution in [2.75, 3.05) is 11.9 Å². The van der Waals surface area contributed by atoms with Crippen molar-refractivity contribution in [3.63, 3.8) is 0 Å². The van der Waals surface area contributed by atoms with Gasteiger partial charge in [-0.1, -0.05) is 74.9 Å². The van der Waals surface area contributed by atoms with Crippen LogP contribution in [0.5, 0.6) is 5.75 Å².